The number of nitrogens with one attached hydrogen (secondary N) is 1. The number of aromatic nitrogens is 1. The summed E-state index contributed by atoms with van der Waals surface area (Å²) in [6, 6.07) is 6.36. The van der Waals surface area contributed by atoms with Crippen LogP contribution < -0.4 is 5.32 Å². The van der Waals surface area contributed by atoms with Gasteiger partial charge in [-0.25, -0.2) is 4.98 Å². The fourth-order valence-corrected chi connectivity index (χ4v) is 2.73. The first-order valence-corrected chi connectivity index (χ1v) is 7.85. The van der Waals surface area contributed by atoms with E-state index in [0.29, 0.717) is 11.0 Å². The van der Waals surface area contributed by atoms with E-state index in [1.54, 1.807) is 11.3 Å². The quantitative estimate of drug-likeness (QED) is 0.882. The van der Waals surface area contributed by atoms with Gasteiger partial charge < -0.3 is 5.32 Å². The van der Waals surface area contributed by atoms with Crippen molar-refractivity contribution in [1.82, 2.24) is 4.98 Å². The number of carbonyl (C=O) groups excluding carboxylic acids is 1. The van der Waals surface area contributed by atoms with Gasteiger partial charge in [-0.2, -0.15) is 0 Å². The summed E-state index contributed by atoms with van der Waals surface area (Å²) in [5, 5.41) is 3.58. The van der Waals surface area contributed by atoms with Crippen molar-refractivity contribution in [2.24, 2.45) is 5.41 Å². The van der Waals surface area contributed by atoms with Gasteiger partial charge in [0.1, 0.15) is 0 Å². The molecular formula is C16H22N2OS. The van der Waals surface area contributed by atoms with E-state index in [4.69, 9.17) is 0 Å². The summed E-state index contributed by atoms with van der Waals surface area (Å²) in [6.45, 7) is 10.1. The van der Waals surface area contributed by atoms with Gasteiger partial charge in [0.2, 0.25) is 5.91 Å². The zero-order chi connectivity index (χ0) is 14.9. The van der Waals surface area contributed by atoms with E-state index in [0.717, 1.165) is 16.6 Å². The molecule has 0 spiro atoms. The minimum atomic E-state index is -0.403. The summed E-state index contributed by atoms with van der Waals surface area (Å²) in [5.41, 5.74) is 1.88. The van der Waals surface area contributed by atoms with Gasteiger partial charge in [-0.05, 0) is 30.0 Å². The second-order valence-electron chi connectivity index (χ2n) is 6.26. The highest BCUT2D eigenvalue weighted by atomic mass is 32.1. The average molecular weight is 290 g/mol. The Kier molecular flexibility index (Phi) is 4.14. The standard InChI is InChI=1S/C16H22N2OS/c1-6-10(2)11-7-8-12-13(9-11)20-15(17-12)18-14(19)16(3,4)5/h7-10H,6H2,1-5H3,(H,17,18,19). The Morgan fingerprint density at radius 1 is 1.40 bits per heavy atom. The molecule has 1 unspecified atom stereocenters. The molecule has 0 aliphatic heterocycles. The van der Waals surface area contributed by atoms with Crippen LogP contribution in [-0.4, -0.2) is 10.9 Å². The van der Waals surface area contributed by atoms with Crippen molar-refractivity contribution in [2.75, 3.05) is 5.32 Å². The third-order valence-electron chi connectivity index (χ3n) is 3.50. The monoisotopic (exact) mass is 290 g/mol. The molecule has 0 saturated carbocycles. The Labute approximate surface area is 124 Å². The van der Waals surface area contributed by atoms with Crippen molar-refractivity contribution in [3.8, 4) is 0 Å². The summed E-state index contributed by atoms with van der Waals surface area (Å²) in [4.78, 5) is 16.5. The maximum atomic E-state index is 12.0. The molecule has 0 aliphatic carbocycles. The van der Waals surface area contributed by atoms with E-state index in [1.807, 2.05) is 26.8 Å². The molecule has 4 heteroatoms. The summed E-state index contributed by atoms with van der Waals surface area (Å²) >= 11 is 1.54. The second-order valence-corrected chi connectivity index (χ2v) is 7.29. The first-order valence-electron chi connectivity index (χ1n) is 7.03. The van der Waals surface area contributed by atoms with Gasteiger partial charge in [0.25, 0.3) is 0 Å². The predicted octanol–water partition coefficient (Wildman–Crippen LogP) is 4.79. The van der Waals surface area contributed by atoms with Crippen LogP contribution in [0.2, 0.25) is 0 Å². The minimum Gasteiger partial charge on any atom is -0.301 e. The molecule has 1 amide bonds. The van der Waals surface area contributed by atoms with Gasteiger partial charge in [-0.3, -0.25) is 4.79 Å². The lowest BCUT2D eigenvalue weighted by molar-refractivity contribution is -0.123. The molecule has 0 saturated heterocycles. The number of amides is 1. The van der Waals surface area contributed by atoms with Crippen LogP contribution in [0.5, 0.6) is 0 Å². The van der Waals surface area contributed by atoms with Crippen LogP contribution in [0, 0.1) is 5.41 Å². The zero-order valence-electron chi connectivity index (χ0n) is 12.8. The minimum absolute atomic E-state index is 0.00120. The first kappa shape index (κ1) is 15.0. The molecule has 1 N–H and O–H groups in total. The fraction of sp³-hybridized carbons (Fsp3) is 0.500. The average Bonchev–Trinajstić information content (AvgIpc) is 2.77. The van der Waals surface area contributed by atoms with Gasteiger partial charge >= 0.3 is 0 Å². The summed E-state index contributed by atoms with van der Waals surface area (Å²) < 4.78 is 1.13. The van der Waals surface area contributed by atoms with Gasteiger partial charge in [0, 0.05) is 5.41 Å². The topological polar surface area (TPSA) is 42.0 Å². The molecule has 0 aliphatic rings. The van der Waals surface area contributed by atoms with E-state index in [9.17, 15) is 4.79 Å². The third kappa shape index (κ3) is 3.18. The number of benzene rings is 1. The van der Waals surface area contributed by atoms with E-state index in [1.165, 1.54) is 5.56 Å². The number of hydrogen-bond donors (Lipinski definition) is 1. The molecule has 0 bridgehead atoms. The van der Waals surface area contributed by atoms with Crippen molar-refractivity contribution in [2.45, 2.75) is 47.0 Å². The highest BCUT2D eigenvalue weighted by molar-refractivity contribution is 7.22. The Balaban J connectivity index is 2.28. The Morgan fingerprint density at radius 2 is 2.10 bits per heavy atom. The molecule has 1 atom stereocenters. The van der Waals surface area contributed by atoms with Crippen LogP contribution in [0.15, 0.2) is 18.2 Å². The number of thiazole rings is 1. The van der Waals surface area contributed by atoms with E-state index < -0.39 is 5.41 Å². The van der Waals surface area contributed by atoms with Gasteiger partial charge in [-0.15, -0.1) is 0 Å². The van der Waals surface area contributed by atoms with E-state index >= 15 is 0 Å². The Hall–Kier alpha value is -1.42. The molecule has 1 heterocycles. The third-order valence-corrected chi connectivity index (χ3v) is 4.43. The van der Waals surface area contributed by atoms with Crippen LogP contribution in [0.4, 0.5) is 5.13 Å². The number of hydrogen-bond acceptors (Lipinski definition) is 3. The number of carbonyl (C=O) groups is 1. The Bertz CT molecular complexity index is 625. The van der Waals surface area contributed by atoms with E-state index in [2.05, 4.69) is 36.3 Å². The SMILES string of the molecule is CCC(C)c1ccc2nc(NC(=O)C(C)(C)C)sc2c1. The number of nitrogens with zero attached hydrogens (tertiary/aromatic N) is 1. The fourth-order valence-electron chi connectivity index (χ4n) is 1.82. The van der Waals surface area contributed by atoms with Crippen molar-refractivity contribution in [1.29, 1.82) is 0 Å². The van der Waals surface area contributed by atoms with Crippen LogP contribution in [-0.2, 0) is 4.79 Å². The molecule has 0 fully saturated rings. The molecule has 2 aromatic rings. The van der Waals surface area contributed by atoms with Crippen molar-refractivity contribution in [3.63, 3.8) is 0 Å². The molecule has 108 valence electrons. The largest absolute Gasteiger partial charge is 0.301 e. The highest BCUT2D eigenvalue weighted by Gasteiger charge is 2.22. The zero-order valence-corrected chi connectivity index (χ0v) is 13.6. The van der Waals surface area contributed by atoms with Gasteiger partial charge in [0.05, 0.1) is 10.2 Å². The van der Waals surface area contributed by atoms with Crippen LogP contribution in [0.1, 0.15) is 52.5 Å². The molecule has 20 heavy (non-hydrogen) atoms. The number of rotatable bonds is 3. The maximum absolute atomic E-state index is 12.0. The number of anilines is 1. The molecule has 3 nitrogen and oxygen atoms in total. The van der Waals surface area contributed by atoms with Gasteiger partial charge in [-0.1, -0.05) is 52.0 Å². The van der Waals surface area contributed by atoms with E-state index in [-0.39, 0.29) is 5.91 Å². The van der Waals surface area contributed by atoms with Crippen molar-refractivity contribution >= 4 is 32.6 Å². The lowest BCUT2D eigenvalue weighted by atomic mass is 9.96. The predicted molar refractivity (Wildman–Crippen MR) is 86.4 cm³/mol. The molecular weight excluding hydrogens is 268 g/mol. The van der Waals surface area contributed by atoms with Crippen LogP contribution >= 0.6 is 11.3 Å². The first-order chi connectivity index (χ1) is 9.31. The highest BCUT2D eigenvalue weighted by Crippen LogP contribution is 2.30. The van der Waals surface area contributed by atoms with Gasteiger partial charge in [0.15, 0.2) is 5.13 Å². The lowest BCUT2D eigenvalue weighted by Crippen LogP contribution is -2.27. The molecule has 0 radical (unpaired) electrons. The van der Waals surface area contributed by atoms with Crippen molar-refractivity contribution in [3.05, 3.63) is 23.8 Å². The number of fused-ring (bicyclic) bond motifs is 1. The molecule has 1 aromatic heterocycles. The smallest absolute Gasteiger partial charge is 0.231 e. The molecule has 1 aromatic carbocycles. The van der Waals surface area contributed by atoms with Crippen molar-refractivity contribution < 1.29 is 4.79 Å². The summed E-state index contributed by atoms with van der Waals surface area (Å²) in [6.07, 6.45) is 1.12. The molecule has 2 rings (SSSR count). The lowest BCUT2D eigenvalue weighted by Gasteiger charge is -2.15. The van der Waals surface area contributed by atoms with Crippen LogP contribution in [0.25, 0.3) is 10.2 Å². The van der Waals surface area contributed by atoms with Crippen LogP contribution in [0.3, 0.4) is 0 Å². The normalized spacial score (nSPS) is 13.4. The maximum Gasteiger partial charge on any atom is 0.231 e. The summed E-state index contributed by atoms with van der Waals surface area (Å²) in [5.74, 6) is 0.549. The second kappa shape index (κ2) is 5.52. The summed E-state index contributed by atoms with van der Waals surface area (Å²) in [7, 11) is 0. The Morgan fingerprint density at radius 3 is 2.70 bits per heavy atom.